The number of rotatable bonds is 4. The van der Waals surface area contributed by atoms with E-state index in [9.17, 15) is 4.79 Å². The van der Waals surface area contributed by atoms with E-state index >= 15 is 0 Å². The van der Waals surface area contributed by atoms with E-state index in [4.69, 9.17) is 0 Å². The molecule has 2 nitrogen and oxygen atoms in total. The number of hydrogen-bond acceptors (Lipinski definition) is 2. The highest BCUT2D eigenvalue weighted by Gasteiger charge is 2.25. The summed E-state index contributed by atoms with van der Waals surface area (Å²) in [6, 6.07) is 0.677. The van der Waals surface area contributed by atoms with Crippen molar-refractivity contribution in [1.82, 2.24) is 4.90 Å². The Bertz CT molecular complexity index is 239. The van der Waals surface area contributed by atoms with Crippen LogP contribution >= 0.6 is 0 Å². The van der Waals surface area contributed by atoms with Crippen LogP contribution in [0.3, 0.4) is 0 Å². The molecule has 0 radical (unpaired) electrons. The third kappa shape index (κ3) is 3.80. The van der Waals surface area contributed by atoms with E-state index in [1.54, 1.807) is 0 Å². The molecule has 0 aliphatic heterocycles. The summed E-state index contributed by atoms with van der Waals surface area (Å²) in [6.45, 7) is 0.704. The summed E-state index contributed by atoms with van der Waals surface area (Å²) >= 11 is 0. The van der Waals surface area contributed by atoms with Gasteiger partial charge in [0, 0.05) is 12.0 Å². The van der Waals surface area contributed by atoms with Crippen molar-refractivity contribution in [1.29, 1.82) is 0 Å². The zero-order valence-corrected chi connectivity index (χ0v) is 11.3. The highest BCUT2D eigenvalue weighted by atomic mass is 16.1. The van der Waals surface area contributed by atoms with Crippen molar-refractivity contribution in [3.05, 3.63) is 0 Å². The molecule has 98 valence electrons. The van der Waals surface area contributed by atoms with Gasteiger partial charge in [0.05, 0.1) is 6.54 Å². The fraction of sp³-hybridized carbons (Fsp3) is 0.933. The zero-order valence-electron chi connectivity index (χ0n) is 11.3. The summed E-state index contributed by atoms with van der Waals surface area (Å²) in [7, 11) is 2.15. The molecule has 17 heavy (non-hydrogen) atoms. The second kappa shape index (κ2) is 6.53. The maximum absolute atomic E-state index is 12.2. The van der Waals surface area contributed by atoms with Gasteiger partial charge < -0.3 is 0 Å². The number of hydrogen-bond donors (Lipinski definition) is 0. The van der Waals surface area contributed by atoms with Crippen LogP contribution in [0.1, 0.15) is 64.2 Å². The number of ketones is 1. The highest BCUT2D eigenvalue weighted by molar-refractivity contribution is 5.83. The van der Waals surface area contributed by atoms with Crippen molar-refractivity contribution in [2.75, 3.05) is 13.6 Å². The summed E-state index contributed by atoms with van der Waals surface area (Å²) in [5.41, 5.74) is 0. The van der Waals surface area contributed by atoms with Gasteiger partial charge in [0.2, 0.25) is 0 Å². The van der Waals surface area contributed by atoms with Gasteiger partial charge in [-0.15, -0.1) is 0 Å². The molecule has 2 rings (SSSR count). The monoisotopic (exact) mass is 237 g/mol. The zero-order chi connectivity index (χ0) is 12.1. The lowest BCUT2D eigenvalue weighted by Crippen LogP contribution is -2.39. The van der Waals surface area contributed by atoms with Crippen molar-refractivity contribution in [3.8, 4) is 0 Å². The maximum Gasteiger partial charge on any atom is 0.149 e. The van der Waals surface area contributed by atoms with Crippen LogP contribution in [0, 0.1) is 5.92 Å². The van der Waals surface area contributed by atoms with Crippen molar-refractivity contribution >= 4 is 5.78 Å². The van der Waals surface area contributed by atoms with Gasteiger partial charge in [-0.05, 0) is 32.7 Å². The smallest absolute Gasteiger partial charge is 0.149 e. The van der Waals surface area contributed by atoms with Gasteiger partial charge in [-0.1, -0.05) is 38.5 Å². The van der Waals surface area contributed by atoms with Crippen molar-refractivity contribution in [2.24, 2.45) is 5.92 Å². The SMILES string of the molecule is CN(CC(=O)C1CCCCC1)C1CCCCC1. The molecule has 2 aliphatic carbocycles. The van der Waals surface area contributed by atoms with Gasteiger partial charge >= 0.3 is 0 Å². The molecule has 0 aromatic heterocycles. The van der Waals surface area contributed by atoms with Gasteiger partial charge in [0.25, 0.3) is 0 Å². The molecule has 0 aromatic carbocycles. The van der Waals surface area contributed by atoms with Gasteiger partial charge in [-0.25, -0.2) is 0 Å². The minimum Gasteiger partial charge on any atom is -0.298 e. The van der Waals surface area contributed by atoms with Crippen LogP contribution in [-0.4, -0.2) is 30.3 Å². The number of nitrogens with zero attached hydrogens (tertiary/aromatic N) is 1. The molecule has 2 saturated carbocycles. The van der Waals surface area contributed by atoms with E-state index < -0.39 is 0 Å². The molecule has 0 atom stereocenters. The Morgan fingerprint density at radius 2 is 1.47 bits per heavy atom. The lowest BCUT2D eigenvalue weighted by atomic mass is 9.85. The quantitative estimate of drug-likeness (QED) is 0.747. The van der Waals surface area contributed by atoms with E-state index in [-0.39, 0.29) is 0 Å². The first-order valence-electron chi connectivity index (χ1n) is 7.50. The average Bonchev–Trinajstić information content (AvgIpc) is 2.40. The lowest BCUT2D eigenvalue weighted by molar-refractivity contribution is -0.125. The molecular formula is C15H27NO. The predicted octanol–water partition coefficient (Wildman–Crippen LogP) is 3.40. The second-order valence-electron chi connectivity index (χ2n) is 6.01. The summed E-state index contributed by atoms with van der Waals surface area (Å²) < 4.78 is 0. The van der Waals surface area contributed by atoms with Crippen molar-refractivity contribution in [2.45, 2.75) is 70.3 Å². The van der Waals surface area contributed by atoms with E-state index in [1.807, 2.05) is 0 Å². The lowest BCUT2D eigenvalue weighted by Gasteiger charge is -2.32. The van der Waals surface area contributed by atoms with Gasteiger partial charge in [-0.3, -0.25) is 9.69 Å². The highest BCUT2D eigenvalue weighted by Crippen LogP contribution is 2.26. The molecule has 2 fully saturated rings. The first kappa shape index (κ1) is 13.1. The Kier molecular flexibility index (Phi) is 5.02. The second-order valence-corrected chi connectivity index (χ2v) is 6.01. The molecule has 2 heteroatoms. The molecule has 0 bridgehead atoms. The molecule has 2 aliphatic rings. The molecule has 0 saturated heterocycles. The van der Waals surface area contributed by atoms with Crippen molar-refractivity contribution in [3.63, 3.8) is 0 Å². The third-order valence-corrected chi connectivity index (χ3v) is 4.66. The van der Waals surface area contributed by atoms with Gasteiger partial charge in [0.1, 0.15) is 5.78 Å². The van der Waals surface area contributed by atoms with Crippen LogP contribution in [0.5, 0.6) is 0 Å². The van der Waals surface area contributed by atoms with Crippen LogP contribution in [0.25, 0.3) is 0 Å². The molecule has 0 N–H and O–H groups in total. The van der Waals surface area contributed by atoms with Gasteiger partial charge in [0.15, 0.2) is 0 Å². The number of carbonyl (C=O) groups excluding carboxylic acids is 1. The van der Waals surface area contributed by atoms with Crippen LogP contribution in [-0.2, 0) is 4.79 Å². The summed E-state index contributed by atoms with van der Waals surface area (Å²) in [6.07, 6.45) is 12.9. The Morgan fingerprint density at radius 1 is 0.941 bits per heavy atom. The normalized spacial score (nSPS) is 24.1. The Morgan fingerprint density at radius 3 is 2.06 bits per heavy atom. The number of likely N-dealkylation sites (N-methyl/N-ethyl adjacent to an activating group) is 1. The average molecular weight is 237 g/mol. The van der Waals surface area contributed by atoms with E-state index in [0.717, 1.165) is 12.8 Å². The molecule has 0 spiro atoms. The Hall–Kier alpha value is -0.370. The van der Waals surface area contributed by atoms with Crippen LogP contribution in [0.4, 0.5) is 0 Å². The molecule has 0 amide bonds. The van der Waals surface area contributed by atoms with E-state index in [0.29, 0.717) is 24.3 Å². The molecule has 0 heterocycles. The molecule has 0 aromatic rings. The number of carbonyl (C=O) groups is 1. The minimum atomic E-state index is 0.384. The third-order valence-electron chi connectivity index (χ3n) is 4.66. The molecule has 0 unspecified atom stereocenters. The summed E-state index contributed by atoms with van der Waals surface area (Å²) in [4.78, 5) is 14.5. The van der Waals surface area contributed by atoms with Crippen molar-refractivity contribution < 1.29 is 4.79 Å². The van der Waals surface area contributed by atoms with Crippen LogP contribution in [0.15, 0.2) is 0 Å². The Labute approximate surface area is 106 Å². The number of Topliss-reactive ketones (excluding diaryl/α,β-unsaturated/α-hetero) is 1. The standard InChI is InChI=1S/C15H27NO/c1-16(14-10-6-3-7-11-14)12-15(17)13-8-4-2-5-9-13/h13-14H,2-12H2,1H3. The fourth-order valence-corrected chi connectivity index (χ4v) is 3.45. The Balaban J connectivity index is 1.76. The largest absolute Gasteiger partial charge is 0.298 e. The fourth-order valence-electron chi connectivity index (χ4n) is 3.45. The maximum atomic E-state index is 12.2. The van der Waals surface area contributed by atoms with Gasteiger partial charge in [-0.2, -0.15) is 0 Å². The van der Waals surface area contributed by atoms with E-state index in [1.165, 1.54) is 51.4 Å². The molecular weight excluding hydrogens is 210 g/mol. The minimum absolute atomic E-state index is 0.384. The summed E-state index contributed by atoms with van der Waals surface area (Å²) in [5.74, 6) is 0.896. The topological polar surface area (TPSA) is 20.3 Å². The van der Waals surface area contributed by atoms with E-state index in [2.05, 4.69) is 11.9 Å². The van der Waals surface area contributed by atoms with Crippen LogP contribution < -0.4 is 0 Å². The first-order chi connectivity index (χ1) is 8.27. The predicted molar refractivity (Wildman–Crippen MR) is 71.1 cm³/mol. The summed E-state index contributed by atoms with van der Waals surface area (Å²) in [5, 5.41) is 0. The first-order valence-corrected chi connectivity index (χ1v) is 7.50. The van der Waals surface area contributed by atoms with Crippen LogP contribution in [0.2, 0.25) is 0 Å².